The Morgan fingerprint density at radius 3 is 2.36 bits per heavy atom. The van der Waals surface area contributed by atoms with Crippen LogP contribution in [0, 0.1) is 0 Å². The third-order valence-corrected chi connectivity index (χ3v) is 5.61. The molecule has 2 aromatic carbocycles. The second kappa shape index (κ2) is 7.09. The average Bonchev–Trinajstić information content (AvgIpc) is 3.23. The molecular weight excluding hydrogens is 334 g/mol. The molecule has 3 nitrogen and oxygen atoms in total. The highest BCUT2D eigenvalue weighted by atomic mass is 35.5. The van der Waals surface area contributed by atoms with Crippen LogP contribution in [0.5, 0.6) is 0 Å². The van der Waals surface area contributed by atoms with Gasteiger partial charge in [-0.1, -0.05) is 48.5 Å². The van der Waals surface area contributed by atoms with Crippen LogP contribution in [-0.2, 0) is 4.74 Å². The van der Waals surface area contributed by atoms with Crippen molar-refractivity contribution >= 4 is 17.7 Å². The lowest BCUT2D eigenvalue weighted by molar-refractivity contribution is 0.0951. The summed E-state index contributed by atoms with van der Waals surface area (Å²) in [5.74, 6) is 0.697. The first kappa shape index (κ1) is 16.5. The minimum atomic E-state index is -0.200. The predicted molar refractivity (Wildman–Crippen MR) is 100 cm³/mol. The third-order valence-electron chi connectivity index (χ3n) is 5.39. The van der Waals surface area contributed by atoms with Crippen LogP contribution in [0.15, 0.2) is 48.5 Å². The van der Waals surface area contributed by atoms with Crippen molar-refractivity contribution in [2.75, 3.05) is 19.0 Å². The number of nitrogens with zero attached hydrogens (tertiary/aromatic N) is 1. The molecule has 1 aliphatic carbocycles. The van der Waals surface area contributed by atoms with Crippen molar-refractivity contribution in [2.45, 2.75) is 31.2 Å². The van der Waals surface area contributed by atoms with E-state index < -0.39 is 0 Å². The van der Waals surface area contributed by atoms with Gasteiger partial charge in [-0.25, -0.2) is 4.79 Å². The Hall–Kier alpha value is -2.00. The Balaban J connectivity index is 1.51. The number of ether oxygens (including phenoxy) is 1. The zero-order valence-electron chi connectivity index (χ0n) is 14.2. The highest BCUT2D eigenvalue weighted by Crippen LogP contribution is 2.44. The van der Waals surface area contributed by atoms with E-state index in [-0.39, 0.29) is 18.1 Å². The number of fused-ring (bicyclic) bond motifs is 3. The average molecular weight is 356 g/mol. The Morgan fingerprint density at radius 1 is 1.08 bits per heavy atom. The molecule has 130 valence electrons. The summed E-state index contributed by atoms with van der Waals surface area (Å²) in [5, 5.41) is 0. The predicted octanol–water partition coefficient (Wildman–Crippen LogP) is 5.03. The molecule has 4 rings (SSSR count). The van der Waals surface area contributed by atoms with Gasteiger partial charge in [0.25, 0.3) is 0 Å². The molecule has 0 unspecified atom stereocenters. The molecule has 1 saturated heterocycles. The van der Waals surface area contributed by atoms with E-state index in [1.54, 1.807) is 0 Å². The van der Waals surface area contributed by atoms with Gasteiger partial charge in [-0.3, -0.25) is 0 Å². The lowest BCUT2D eigenvalue weighted by atomic mass is 9.98. The lowest BCUT2D eigenvalue weighted by Crippen LogP contribution is -2.36. The molecule has 4 heteroatoms. The zero-order chi connectivity index (χ0) is 17.2. The molecule has 25 heavy (non-hydrogen) atoms. The quantitative estimate of drug-likeness (QED) is 0.720. The summed E-state index contributed by atoms with van der Waals surface area (Å²) >= 11 is 5.87. The van der Waals surface area contributed by atoms with Gasteiger partial charge in [0, 0.05) is 24.4 Å². The van der Waals surface area contributed by atoms with E-state index in [1.165, 1.54) is 22.3 Å². The fraction of sp³-hybridized carbons (Fsp3) is 0.381. The van der Waals surface area contributed by atoms with E-state index in [4.69, 9.17) is 16.3 Å². The SMILES string of the molecule is O=C(OCC1c2ccccc2-c2ccccc21)N1CCC[C@@H]1CCCl. The maximum absolute atomic E-state index is 12.6. The molecule has 0 spiro atoms. The number of carbonyl (C=O) groups is 1. The van der Waals surface area contributed by atoms with E-state index in [0.29, 0.717) is 12.5 Å². The normalized spacial score (nSPS) is 18.9. The summed E-state index contributed by atoms with van der Waals surface area (Å²) in [4.78, 5) is 14.4. The summed E-state index contributed by atoms with van der Waals surface area (Å²) in [6.45, 7) is 1.16. The zero-order valence-corrected chi connectivity index (χ0v) is 14.9. The van der Waals surface area contributed by atoms with Crippen LogP contribution in [0.25, 0.3) is 11.1 Å². The fourth-order valence-corrected chi connectivity index (χ4v) is 4.43. The molecule has 1 heterocycles. The Morgan fingerprint density at radius 2 is 1.72 bits per heavy atom. The second-order valence-corrected chi connectivity index (χ2v) is 7.15. The summed E-state index contributed by atoms with van der Waals surface area (Å²) < 4.78 is 5.74. The molecule has 0 bridgehead atoms. The topological polar surface area (TPSA) is 29.5 Å². The van der Waals surface area contributed by atoms with Crippen molar-refractivity contribution < 1.29 is 9.53 Å². The van der Waals surface area contributed by atoms with Gasteiger partial charge in [-0.15, -0.1) is 11.6 Å². The molecular formula is C21H22ClNO2. The molecule has 2 aliphatic rings. The Labute approximate surface area is 153 Å². The molecule has 1 fully saturated rings. The molecule has 0 radical (unpaired) electrons. The molecule has 0 saturated carbocycles. The van der Waals surface area contributed by atoms with Gasteiger partial charge >= 0.3 is 6.09 Å². The first-order valence-electron chi connectivity index (χ1n) is 8.97. The van der Waals surface area contributed by atoms with Crippen molar-refractivity contribution in [1.82, 2.24) is 4.90 Å². The van der Waals surface area contributed by atoms with Gasteiger partial charge in [0.15, 0.2) is 0 Å². The monoisotopic (exact) mass is 355 g/mol. The number of hydrogen-bond acceptors (Lipinski definition) is 2. The number of carbonyl (C=O) groups excluding carboxylic acids is 1. The van der Waals surface area contributed by atoms with Crippen molar-refractivity contribution in [2.24, 2.45) is 0 Å². The number of rotatable bonds is 4. The van der Waals surface area contributed by atoms with E-state index in [9.17, 15) is 4.79 Å². The molecule has 2 aromatic rings. The van der Waals surface area contributed by atoms with Crippen molar-refractivity contribution in [3.8, 4) is 11.1 Å². The first-order valence-corrected chi connectivity index (χ1v) is 9.50. The smallest absolute Gasteiger partial charge is 0.410 e. The molecule has 1 atom stereocenters. The summed E-state index contributed by atoms with van der Waals surface area (Å²) in [7, 11) is 0. The van der Waals surface area contributed by atoms with Gasteiger partial charge in [0.1, 0.15) is 6.61 Å². The molecule has 1 aliphatic heterocycles. The third kappa shape index (κ3) is 3.02. The van der Waals surface area contributed by atoms with Crippen molar-refractivity contribution in [1.29, 1.82) is 0 Å². The van der Waals surface area contributed by atoms with Gasteiger partial charge in [-0.2, -0.15) is 0 Å². The van der Waals surface area contributed by atoms with Crippen LogP contribution < -0.4 is 0 Å². The maximum Gasteiger partial charge on any atom is 0.410 e. The van der Waals surface area contributed by atoms with Crippen molar-refractivity contribution in [3.63, 3.8) is 0 Å². The summed E-state index contributed by atoms with van der Waals surface area (Å²) in [6, 6.07) is 17.0. The number of likely N-dealkylation sites (tertiary alicyclic amines) is 1. The minimum absolute atomic E-state index is 0.116. The van der Waals surface area contributed by atoms with Gasteiger partial charge < -0.3 is 9.64 Å². The number of halogens is 1. The van der Waals surface area contributed by atoms with Gasteiger partial charge in [0.05, 0.1) is 0 Å². The minimum Gasteiger partial charge on any atom is -0.448 e. The van der Waals surface area contributed by atoms with Crippen molar-refractivity contribution in [3.05, 3.63) is 59.7 Å². The molecule has 0 aromatic heterocycles. The highest BCUT2D eigenvalue weighted by molar-refractivity contribution is 6.17. The van der Waals surface area contributed by atoms with Crippen LogP contribution in [0.3, 0.4) is 0 Å². The van der Waals surface area contributed by atoms with Crippen LogP contribution in [0.4, 0.5) is 4.79 Å². The number of hydrogen-bond donors (Lipinski definition) is 0. The Bertz CT molecular complexity index is 730. The van der Waals surface area contributed by atoms with Crippen LogP contribution in [0.1, 0.15) is 36.3 Å². The fourth-order valence-electron chi connectivity index (χ4n) is 4.18. The van der Waals surface area contributed by atoms with Gasteiger partial charge in [-0.05, 0) is 41.5 Å². The lowest BCUT2D eigenvalue weighted by Gasteiger charge is -2.24. The number of benzene rings is 2. The molecule has 1 amide bonds. The van der Waals surface area contributed by atoms with Crippen LogP contribution in [-0.4, -0.2) is 36.1 Å². The summed E-state index contributed by atoms with van der Waals surface area (Å²) in [5.41, 5.74) is 4.99. The summed E-state index contributed by atoms with van der Waals surface area (Å²) in [6.07, 6.45) is 2.70. The first-order chi connectivity index (χ1) is 12.3. The van der Waals surface area contributed by atoms with Gasteiger partial charge in [0.2, 0.25) is 0 Å². The van der Waals surface area contributed by atoms with Crippen LogP contribution in [0.2, 0.25) is 0 Å². The standard InChI is InChI=1S/C21H22ClNO2/c22-12-11-15-6-5-13-23(15)21(24)25-14-20-18-9-3-1-7-16(18)17-8-2-4-10-19(17)20/h1-4,7-10,15,20H,5-6,11-14H2/t15-/m1/s1. The second-order valence-electron chi connectivity index (χ2n) is 6.77. The van der Waals surface area contributed by atoms with E-state index in [1.807, 2.05) is 4.90 Å². The number of amides is 1. The van der Waals surface area contributed by atoms with E-state index in [0.717, 1.165) is 25.8 Å². The largest absolute Gasteiger partial charge is 0.448 e. The van der Waals surface area contributed by atoms with E-state index >= 15 is 0 Å². The number of alkyl halides is 1. The highest BCUT2D eigenvalue weighted by Gasteiger charge is 2.32. The Kier molecular flexibility index (Phi) is 4.67. The molecule has 0 N–H and O–H groups in total. The van der Waals surface area contributed by atoms with Crippen LogP contribution >= 0.6 is 11.6 Å². The van der Waals surface area contributed by atoms with E-state index in [2.05, 4.69) is 48.5 Å². The maximum atomic E-state index is 12.6.